The predicted molar refractivity (Wildman–Crippen MR) is 564 cm³/mol. The van der Waals surface area contributed by atoms with E-state index >= 15 is 4.39 Å². The summed E-state index contributed by atoms with van der Waals surface area (Å²) in [6.45, 7) is 34.5. The zero-order valence-electron chi connectivity index (χ0n) is 74.8. The second-order valence-electron chi connectivity index (χ2n) is 34.9. The van der Waals surface area contributed by atoms with E-state index in [1.54, 1.807) is 58.1 Å². The van der Waals surface area contributed by atoms with Gasteiger partial charge < -0.3 is 68.2 Å². The van der Waals surface area contributed by atoms with Gasteiger partial charge >= 0.3 is 23.1 Å². The minimum absolute atomic E-state index is 0.0176. The van der Waals surface area contributed by atoms with Crippen molar-refractivity contribution in [3.63, 3.8) is 0 Å². The maximum absolute atomic E-state index is 15.9. The third kappa shape index (κ3) is 24.4. The minimum atomic E-state index is -1.00. The minimum Gasteiger partial charge on any atom is -0.537 e. The number of methoxy groups -OCH3 is 2. The second kappa shape index (κ2) is 45.3. The lowest BCUT2D eigenvalue weighted by atomic mass is 9.73. The smallest absolute Gasteiger partial charge is 0.537 e. The summed E-state index contributed by atoms with van der Waals surface area (Å²) in [5.41, 5.74) is 2.17. The molecule has 0 unspecified atom stereocenters. The number of rotatable bonds is 11. The van der Waals surface area contributed by atoms with Gasteiger partial charge in [0.25, 0.3) is 0 Å². The Labute approximate surface area is 880 Å². The van der Waals surface area contributed by atoms with Crippen LogP contribution in [0.2, 0.25) is 24.4 Å². The van der Waals surface area contributed by atoms with Crippen molar-refractivity contribution >= 4 is 331 Å². The molecule has 46 heteroatoms. The van der Waals surface area contributed by atoms with Crippen LogP contribution in [0.4, 0.5) is 46.5 Å². The van der Waals surface area contributed by atoms with Crippen LogP contribution in [0.25, 0.3) is 76.3 Å². The molecule has 8 aliphatic rings. The van der Waals surface area contributed by atoms with E-state index in [9.17, 15) is 41.5 Å². The third-order valence-electron chi connectivity index (χ3n) is 22.6. The standard InChI is InChI=1S/C26H21ClFN3O2S.C17H18BrClFN3O2S.C15H12BrClFN3OS.C11H10BO3.C10H18N2O2.C7HBrCl2FNS.C3H3ClO.CH3F.BBr3/c1-3-21(32)30-11-26(12-30)13-31(14-26)25-19-10-20(27)22(23(28)24(19)29-34-25)18-9-16(33-2)8-15-6-4-5-7-17(15)18;1-16(2,3)25-15(24)23-7-17(8-23)5-22(6-17)14-9-4-10(19)11(18)12(20)13(9)21-26-14;1-2-10(22)20-4-15(5-20)6-21(7-15)14-8-3-9(17)11(16)12(18)13(8)19-23-14;1-14-9-6-8-4-2-3-5-10(8)11(7-9)15-12-13;1-9(2,3)14-8(13)12-6-10(7-12)4-11-5-10;8-4-3(9)1-2-6(5(4)11)12-13-7(2)10;1-2-3(4)5;1-2;2-1(3)4/h3-10H,1,11-14H2,2H3;4H,5-8H2,1-3H3;2-3H,1,4-7H2;2-7,13H,1H3;11H,4-7H2,1-3H3;1H;2H,1H2;1H3;/i;;;;;;;1D;. The number of amides is 4. The molecule has 8 aliphatic heterocycles. The van der Waals surface area contributed by atoms with E-state index in [-0.39, 0.29) is 68.0 Å². The van der Waals surface area contributed by atoms with Crippen molar-refractivity contribution in [2.75, 3.05) is 141 Å². The average molecular weight is 2450 g/mol. The van der Waals surface area contributed by atoms with Crippen LogP contribution in [-0.4, -0.2) is 220 Å². The van der Waals surface area contributed by atoms with Gasteiger partial charge in [0.1, 0.15) is 69.9 Å². The van der Waals surface area contributed by atoms with Crippen molar-refractivity contribution < 1.29 is 75.9 Å². The number of allylic oxidation sites excluding steroid dienone is 1. The Bertz CT molecular complexity index is 6570. The van der Waals surface area contributed by atoms with E-state index in [2.05, 4.69) is 152 Å². The van der Waals surface area contributed by atoms with Gasteiger partial charge in [-0.2, -0.15) is 17.5 Å². The number of halogens is 17. The number of hydrogen-bond donors (Lipinski definition) is 2. The van der Waals surface area contributed by atoms with E-state index in [0.29, 0.717) is 101 Å². The first-order valence-electron chi connectivity index (χ1n) is 41.8. The molecule has 0 aliphatic carbocycles. The zero-order chi connectivity index (χ0) is 100. The van der Waals surface area contributed by atoms with Gasteiger partial charge in [-0.05, 0) is 229 Å². The lowest BCUT2D eigenvalue weighted by molar-refractivity contribution is -0.140. The lowest BCUT2D eigenvalue weighted by Crippen LogP contribution is -2.73. The Kier molecular flexibility index (Phi) is 35.5. The summed E-state index contributed by atoms with van der Waals surface area (Å²) in [5.74, 6) is 0.128. The van der Waals surface area contributed by atoms with Gasteiger partial charge in [0.15, 0.2) is 23.3 Å². The van der Waals surface area contributed by atoms with E-state index in [4.69, 9.17) is 99.6 Å². The molecule has 4 amide bonds. The molecule has 23 nitrogen and oxygen atoms in total. The van der Waals surface area contributed by atoms with Crippen LogP contribution in [0, 0.1) is 44.9 Å². The quantitative estimate of drug-likeness (QED) is 0.0402. The molecule has 8 aromatic carbocycles. The summed E-state index contributed by atoms with van der Waals surface area (Å²) in [7, 11) is 2.86. The summed E-state index contributed by atoms with van der Waals surface area (Å²) in [6.07, 6.45) is 3.32. The highest BCUT2D eigenvalue weighted by Crippen LogP contribution is 2.53. The number of ether oxygens (including phenoxy) is 4. The molecule has 0 saturated carbocycles. The summed E-state index contributed by atoms with van der Waals surface area (Å²) in [6, 6.07) is 29.8. The molecule has 0 bridgehead atoms. The van der Waals surface area contributed by atoms with Crippen LogP contribution in [0.5, 0.6) is 17.2 Å². The summed E-state index contributed by atoms with van der Waals surface area (Å²) in [5, 5.41) is 22.0. The topological polar surface area (TPSA) is 238 Å². The molecule has 4 aromatic heterocycles. The second-order valence-corrected chi connectivity index (χ2v) is 49.3. The van der Waals surface area contributed by atoms with Crippen LogP contribution < -0.4 is 34.1 Å². The monoisotopic (exact) mass is 2440 g/mol. The van der Waals surface area contributed by atoms with Crippen LogP contribution in [-0.2, 0) is 23.9 Å². The molecule has 12 aromatic rings. The average Bonchev–Trinajstić information content (AvgIpc) is 1.69. The molecule has 20 rings (SSSR count). The van der Waals surface area contributed by atoms with E-state index < -0.39 is 41.3 Å². The van der Waals surface area contributed by atoms with Crippen LogP contribution in [0.15, 0.2) is 148 Å². The molecule has 721 valence electrons. The SMILES string of the molecule is BrB(Br)Br.C=CC(=O)Cl.C=CC(=O)N1CC2(C1)CN(c1snc3c(F)c(-c4cc(OC)cc5ccccc45)c(Cl)cc13)C2.C=CC(=O)N1CC2(C1)CN(c1snc3c(F)c(Br)c(Cl)cc13)C2.CC(C)(C)OC(=O)N1CC2(C1)CN(c1snc3c(F)c(Br)c(Cl)cc13)C2.CC(C)(C)OC(=O)N1CC2(CNC2)C1.COc1cc(O[B]O)c2ccccc2c1.Fc1c(Br)c(Cl)cc2c(Cl)snc12.[2H]CF. The summed E-state index contributed by atoms with van der Waals surface area (Å²) >= 11 is 58.7. The Hall–Kier alpha value is -6.67. The molecule has 2 N–H and O–H groups in total. The van der Waals surface area contributed by atoms with Gasteiger partial charge in [-0.3, -0.25) is 18.8 Å². The number of aromatic nitrogens is 4. The van der Waals surface area contributed by atoms with E-state index in [1.807, 2.05) is 114 Å². The number of nitrogens with one attached hydrogen (secondary N) is 1. The highest BCUT2D eigenvalue weighted by Gasteiger charge is 2.57. The van der Waals surface area contributed by atoms with Gasteiger partial charge in [-0.15, -0.1) is 47.3 Å². The fourth-order valence-corrected chi connectivity index (χ4v) is 21.7. The molecular weight excluding hydrogens is 2360 g/mol. The van der Waals surface area contributed by atoms with Crippen molar-refractivity contribution in [3.05, 3.63) is 196 Å². The van der Waals surface area contributed by atoms with Crippen LogP contribution in [0.3, 0.4) is 0 Å². The highest BCUT2D eigenvalue weighted by atomic mass is 79.9. The van der Waals surface area contributed by atoms with Crippen molar-refractivity contribution in [2.24, 2.45) is 21.7 Å². The number of carbonyl (C=O) groups is 5. The first-order chi connectivity index (χ1) is 64.7. The number of fused-ring (bicyclic) bond motifs is 6. The fourth-order valence-electron chi connectivity index (χ4n) is 16.5. The molecule has 4 spiro atoms. The molecule has 8 saturated heterocycles. The van der Waals surface area contributed by atoms with Crippen molar-refractivity contribution in [3.8, 4) is 28.4 Å². The number of hydrogen-bond acceptors (Lipinski definition) is 23. The van der Waals surface area contributed by atoms with Crippen molar-refractivity contribution in [1.29, 1.82) is 0 Å². The van der Waals surface area contributed by atoms with E-state index in [0.717, 1.165) is 162 Å². The lowest BCUT2D eigenvalue weighted by Gasteiger charge is -2.60. The molecular formula is C90H86B2Br6Cl6F5N12O11S4. The third-order valence-corrected chi connectivity index (χ3v) is 30.8. The predicted octanol–water partition coefficient (Wildman–Crippen LogP) is 25.1. The van der Waals surface area contributed by atoms with Gasteiger partial charge in [0.2, 0.25) is 17.1 Å². The van der Waals surface area contributed by atoms with Crippen molar-refractivity contribution in [2.45, 2.75) is 52.7 Å². The molecule has 0 atom stereocenters. The molecule has 12 heterocycles. The first-order valence-corrected chi connectivity index (χ1v) is 51.5. The zero-order valence-corrected chi connectivity index (χ0v) is 91.1. The molecule has 8 fully saturated rings. The van der Waals surface area contributed by atoms with Crippen LogP contribution >= 0.6 is 211 Å². The maximum Gasteiger partial charge on any atom is 0.569 e. The normalized spacial score (nSPS) is 16.2. The Morgan fingerprint density at radius 2 is 0.831 bits per heavy atom. The number of likely N-dealkylation sites (tertiary alicyclic amines) is 4. The molecule has 136 heavy (non-hydrogen) atoms. The number of anilines is 3. The Morgan fingerprint density at radius 3 is 1.19 bits per heavy atom. The maximum atomic E-state index is 15.9. The van der Waals surface area contributed by atoms with Gasteiger partial charge in [-0.25, -0.2) is 27.2 Å². The summed E-state index contributed by atoms with van der Waals surface area (Å²) < 4.78 is 118. The van der Waals surface area contributed by atoms with E-state index in [1.165, 1.54) is 46.7 Å². The molecule has 1 radical (unpaired) electrons. The van der Waals surface area contributed by atoms with Gasteiger partial charge in [-0.1, -0.05) is 126 Å². The largest absolute Gasteiger partial charge is 0.569 e. The highest BCUT2D eigenvalue weighted by molar-refractivity contribution is 9.69. The Balaban J connectivity index is 0.000000148. The fraction of sp³-hybridized carbons (Fsp3) is 0.344. The number of nitrogens with zero attached hydrogens (tertiary/aromatic N) is 11. The van der Waals surface area contributed by atoms with Gasteiger partial charge in [0.05, 0.1) is 56.3 Å². The number of benzene rings is 8. The van der Waals surface area contributed by atoms with Gasteiger partial charge in [0, 0.05) is 165 Å². The number of alkyl halides is 1. The summed E-state index contributed by atoms with van der Waals surface area (Å²) in [4.78, 5) is 70.1. The Morgan fingerprint density at radius 1 is 0.500 bits per heavy atom. The first kappa shape index (κ1) is 107. The number of carbonyl (C=O) groups excluding carboxylic acids is 5. The van der Waals surface area contributed by atoms with Crippen molar-refractivity contribution in [1.82, 2.24) is 42.4 Å². The van der Waals surface area contributed by atoms with Crippen LogP contribution in [0.1, 0.15) is 42.9 Å².